The van der Waals surface area contributed by atoms with Crippen molar-refractivity contribution in [2.45, 2.75) is 25.8 Å². The Kier molecular flexibility index (Phi) is 5.98. The molecule has 0 spiro atoms. The number of carbonyl (C=O) groups excluding carboxylic acids is 2. The predicted octanol–water partition coefficient (Wildman–Crippen LogP) is 1.89. The van der Waals surface area contributed by atoms with Gasteiger partial charge in [-0.2, -0.15) is 0 Å². The highest BCUT2D eigenvalue weighted by atomic mass is 35.5. The second-order valence-electron chi connectivity index (χ2n) is 4.66. The summed E-state index contributed by atoms with van der Waals surface area (Å²) >= 11 is 0. The van der Waals surface area contributed by atoms with Crippen molar-refractivity contribution in [3.63, 3.8) is 0 Å². The third-order valence-electron chi connectivity index (χ3n) is 3.29. The standard InChI is InChI=1S/C14H18N2O3.ClH/c1-9-5-6-10(14(18)19-2)8-12(9)16-13(17)11-4-3-7-15-11;/h5-6,8,11,15H,3-4,7H2,1-2H3,(H,16,17);1H. The summed E-state index contributed by atoms with van der Waals surface area (Å²) in [6.07, 6.45) is 1.86. The third kappa shape index (κ3) is 3.71. The zero-order chi connectivity index (χ0) is 13.8. The molecule has 1 fully saturated rings. The van der Waals surface area contributed by atoms with E-state index in [0.717, 1.165) is 24.9 Å². The first-order valence-corrected chi connectivity index (χ1v) is 6.35. The Morgan fingerprint density at radius 3 is 2.75 bits per heavy atom. The van der Waals surface area contributed by atoms with Gasteiger partial charge >= 0.3 is 5.97 Å². The predicted molar refractivity (Wildman–Crippen MR) is 79.4 cm³/mol. The zero-order valence-electron chi connectivity index (χ0n) is 11.6. The summed E-state index contributed by atoms with van der Waals surface area (Å²) in [5.41, 5.74) is 2.00. The summed E-state index contributed by atoms with van der Waals surface area (Å²) < 4.78 is 4.67. The molecule has 0 saturated carbocycles. The van der Waals surface area contributed by atoms with Gasteiger partial charge in [-0.25, -0.2) is 4.79 Å². The number of anilines is 1. The monoisotopic (exact) mass is 298 g/mol. The van der Waals surface area contributed by atoms with Crippen LogP contribution in [0.2, 0.25) is 0 Å². The Balaban J connectivity index is 0.00000200. The fourth-order valence-electron chi connectivity index (χ4n) is 2.13. The average molecular weight is 299 g/mol. The van der Waals surface area contributed by atoms with Gasteiger partial charge in [0.15, 0.2) is 0 Å². The van der Waals surface area contributed by atoms with Gasteiger partial charge in [-0.3, -0.25) is 4.79 Å². The highest BCUT2D eigenvalue weighted by molar-refractivity contribution is 5.97. The molecule has 0 radical (unpaired) electrons. The van der Waals surface area contributed by atoms with E-state index in [0.29, 0.717) is 11.3 Å². The maximum Gasteiger partial charge on any atom is 0.337 e. The molecule has 1 aromatic rings. The summed E-state index contributed by atoms with van der Waals surface area (Å²) in [4.78, 5) is 23.5. The van der Waals surface area contributed by atoms with E-state index < -0.39 is 5.97 Å². The highest BCUT2D eigenvalue weighted by Crippen LogP contribution is 2.18. The summed E-state index contributed by atoms with van der Waals surface area (Å²) in [7, 11) is 1.34. The van der Waals surface area contributed by atoms with Gasteiger partial charge < -0.3 is 15.4 Å². The number of aryl methyl sites for hydroxylation is 1. The third-order valence-corrected chi connectivity index (χ3v) is 3.29. The second-order valence-corrected chi connectivity index (χ2v) is 4.66. The van der Waals surface area contributed by atoms with Crippen LogP contribution in [0, 0.1) is 6.92 Å². The maximum atomic E-state index is 12.0. The first-order valence-electron chi connectivity index (χ1n) is 6.35. The lowest BCUT2D eigenvalue weighted by atomic mass is 10.1. The molecule has 1 atom stereocenters. The van der Waals surface area contributed by atoms with Crippen LogP contribution >= 0.6 is 12.4 Å². The van der Waals surface area contributed by atoms with E-state index in [1.54, 1.807) is 18.2 Å². The van der Waals surface area contributed by atoms with E-state index in [2.05, 4.69) is 15.4 Å². The lowest BCUT2D eigenvalue weighted by molar-refractivity contribution is -0.117. The molecule has 6 heteroatoms. The zero-order valence-corrected chi connectivity index (χ0v) is 12.4. The van der Waals surface area contributed by atoms with E-state index in [9.17, 15) is 9.59 Å². The van der Waals surface area contributed by atoms with Crippen molar-refractivity contribution in [2.75, 3.05) is 19.0 Å². The molecule has 0 bridgehead atoms. The number of carbonyl (C=O) groups is 2. The first-order chi connectivity index (χ1) is 9.11. The Labute approximate surface area is 124 Å². The lowest BCUT2D eigenvalue weighted by Gasteiger charge is -2.13. The topological polar surface area (TPSA) is 67.4 Å². The molecule has 2 N–H and O–H groups in total. The molecule has 1 aliphatic rings. The van der Waals surface area contributed by atoms with Gasteiger partial charge in [-0.1, -0.05) is 6.07 Å². The van der Waals surface area contributed by atoms with E-state index in [4.69, 9.17) is 0 Å². The number of esters is 1. The van der Waals surface area contributed by atoms with Crippen molar-refractivity contribution in [3.8, 4) is 0 Å². The molecule has 1 saturated heterocycles. The molecule has 110 valence electrons. The molecule has 2 rings (SSSR count). The molecule has 1 amide bonds. The number of amides is 1. The Bertz CT molecular complexity index is 499. The normalized spacial score (nSPS) is 17.2. The molecular formula is C14H19ClN2O3. The van der Waals surface area contributed by atoms with E-state index in [1.165, 1.54) is 7.11 Å². The van der Waals surface area contributed by atoms with E-state index >= 15 is 0 Å². The maximum absolute atomic E-state index is 12.0. The highest BCUT2D eigenvalue weighted by Gasteiger charge is 2.22. The van der Waals surface area contributed by atoms with Crippen molar-refractivity contribution in [1.82, 2.24) is 5.32 Å². The second kappa shape index (κ2) is 7.26. The fraction of sp³-hybridized carbons (Fsp3) is 0.429. The SMILES string of the molecule is COC(=O)c1ccc(C)c(NC(=O)C2CCCN2)c1.Cl. The Morgan fingerprint density at radius 1 is 1.40 bits per heavy atom. The van der Waals surface area contributed by atoms with Crippen molar-refractivity contribution >= 4 is 30.0 Å². The van der Waals surface area contributed by atoms with Gasteiger partial charge in [0.1, 0.15) is 0 Å². The van der Waals surface area contributed by atoms with Crippen LogP contribution in [0.15, 0.2) is 18.2 Å². The largest absolute Gasteiger partial charge is 0.465 e. The minimum Gasteiger partial charge on any atom is -0.465 e. The number of hydrogen-bond donors (Lipinski definition) is 2. The fourth-order valence-corrected chi connectivity index (χ4v) is 2.13. The number of rotatable bonds is 3. The summed E-state index contributed by atoms with van der Waals surface area (Å²) in [6, 6.07) is 4.99. The summed E-state index contributed by atoms with van der Waals surface area (Å²) in [5.74, 6) is -0.461. The van der Waals surface area contributed by atoms with Crippen LogP contribution in [0.25, 0.3) is 0 Å². The molecule has 20 heavy (non-hydrogen) atoms. The number of hydrogen-bond acceptors (Lipinski definition) is 4. The molecule has 5 nitrogen and oxygen atoms in total. The average Bonchev–Trinajstić information content (AvgIpc) is 2.94. The van der Waals surface area contributed by atoms with Crippen LogP contribution in [0.3, 0.4) is 0 Å². The van der Waals surface area contributed by atoms with Gasteiger partial charge in [0.2, 0.25) is 5.91 Å². The number of halogens is 1. The molecule has 1 aromatic carbocycles. The quantitative estimate of drug-likeness (QED) is 0.836. The molecule has 0 aromatic heterocycles. The molecule has 1 aliphatic heterocycles. The summed E-state index contributed by atoms with van der Waals surface area (Å²) in [6.45, 7) is 2.76. The van der Waals surface area contributed by atoms with E-state index in [1.807, 2.05) is 6.92 Å². The van der Waals surface area contributed by atoms with Gasteiger partial charge in [-0.05, 0) is 44.0 Å². The lowest BCUT2D eigenvalue weighted by Crippen LogP contribution is -2.35. The van der Waals surface area contributed by atoms with Crippen molar-refractivity contribution in [1.29, 1.82) is 0 Å². The van der Waals surface area contributed by atoms with Crippen LogP contribution in [0.5, 0.6) is 0 Å². The van der Waals surface area contributed by atoms with E-state index in [-0.39, 0.29) is 24.4 Å². The van der Waals surface area contributed by atoms with Crippen molar-refractivity contribution < 1.29 is 14.3 Å². The van der Waals surface area contributed by atoms with Crippen molar-refractivity contribution in [3.05, 3.63) is 29.3 Å². The number of methoxy groups -OCH3 is 1. The van der Waals surface area contributed by atoms with Gasteiger partial charge in [-0.15, -0.1) is 12.4 Å². The number of ether oxygens (including phenoxy) is 1. The molecule has 0 aliphatic carbocycles. The van der Waals surface area contributed by atoms with Gasteiger partial charge in [0.05, 0.1) is 18.7 Å². The Hall–Kier alpha value is -1.59. The van der Waals surface area contributed by atoms with Gasteiger partial charge in [0.25, 0.3) is 0 Å². The van der Waals surface area contributed by atoms with Crippen LogP contribution < -0.4 is 10.6 Å². The summed E-state index contributed by atoms with van der Waals surface area (Å²) in [5, 5.41) is 6.00. The minimum atomic E-state index is -0.408. The van der Waals surface area contributed by atoms with Crippen LogP contribution in [-0.2, 0) is 9.53 Å². The Morgan fingerprint density at radius 2 is 2.15 bits per heavy atom. The smallest absolute Gasteiger partial charge is 0.337 e. The molecule has 1 heterocycles. The van der Waals surface area contributed by atoms with Crippen molar-refractivity contribution in [2.24, 2.45) is 0 Å². The minimum absolute atomic E-state index is 0. The molecular weight excluding hydrogens is 280 g/mol. The number of benzene rings is 1. The molecule has 1 unspecified atom stereocenters. The van der Waals surface area contributed by atoms with Crippen LogP contribution in [-0.4, -0.2) is 31.6 Å². The first kappa shape index (κ1) is 16.5. The van der Waals surface area contributed by atoms with Gasteiger partial charge in [0, 0.05) is 5.69 Å². The van der Waals surface area contributed by atoms with Crippen LogP contribution in [0.1, 0.15) is 28.8 Å². The van der Waals surface area contributed by atoms with Crippen LogP contribution in [0.4, 0.5) is 5.69 Å². The number of nitrogens with one attached hydrogen (secondary N) is 2.